The van der Waals surface area contributed by atoms with E-state index in [1.54, 1.807) is 6.20 Å². The zero-order chi connectivity index (χ0) is 17.4. The average Bonchev–Trinajstić information content (AvgIpc) is 3.02. The van der Waals surface area contributed by atoms with Crippen molar-refractivity contribution in [2.45, 2.75) is 20.3 Å². The van der Waals surface area contributed by atoms with Crippen LogP contribution in [0.5, 0.6) is 0 Å². The van der Waals surface area contributed by atoms with Gasteiger partial charge in [0.1, 0.15) is 11.2 Å². The summed E-state index contributed by atoms with van der Waals surface area (Å²) in [6, 6.07) is 18.1. The monoisotopic (exact) mass is 326 g/mol. The summed E-state index contributed by atoms with van der Waals surface area (Å²) in [6.45, 7) is 4.39. The fourth-order valence-corrected chi connectivity index (χ4v) is 3.38. The maximum absolute atomic E-state index is 9.58. The number of hydrogen-bond acceptors (Lipinski definition) is 3. The van der Waals surface area contributed by atoms with Crippen LogP contribution in [-0.4, -0.2) is 4.98 Å². The van der Waals surface area contributed by atoms with E-state index in [2.05, 4.69) is 31.0 Å². The van der Waals surface area contributed by atoms with Crippen LogP contribution in [0, 0.1) is 17.2 Å². The number of nitrogens with zero attached hydrogens (tertiary/aromatic N) is 2. The molecule has 0 radical (unpaired) electrons. The van der Waals surface area contributed by atoms with Gasteiger partial charge in [-0.05, 0) is 42.2 Å². The molecule has 3 nitrogen and oxygen atoms in total. The van der Waals surface area contributed by atoms with Gasteiger partial charge in [0.05, 0.1) is 17.3 Å². The van der Waals surface area contributed by atoms with Gasteiger partial charge in [0, 0.05) is 22.5 Å². The minimum absolute atomic E-state index is 0.532. The molecule has 4 rings (SSSR count). The van der Waals surface area contributed by atoms with E-state index in [1.165, 1.54) is 5.56 Å². The van der Waals surface area contributed by atoms with Crippen LogP contribution in [0.15, 0.2) is 59.1 Å². The second-order valence-corrected chi connectivity index (χ2v) is 6.69. The molecule has 0 spiro atoms. The number of aromatic nitrogens is 1. The third-order valence-electron chi connectivity index (χ3n) is 4.42. The summed E-state index contributed by atoms with van der Waals surface area (Å²) < 4.78 is 6.32. The maximum atomic E-state index is 9.58. The highest BCUT2D eigenvalue weighted by Gasteiger charge is 2.18. The van der Waals surface area contributed by atoms with E-state index < -0.39 is 0 Å². The van der Waals surface area contributed by atoms with E-state index in [0.717, 1.165) is 39.6 Å². The smallest absolute Gasteiger partial charge is 0.146 e. The van der Waals surface area contributed by atoms with Crippen molar-refractivity contribution < 1.29 is 4.42 Å². The second kappa shape index (κ2) is 6.07. The average molecular weight is 326 g/mol. The number of benzene rings is 2. The highest BCUT2D eigenvalue weighted by Crippen LogP contribution is 2.38. The Hall–Kier alpha value is -3.12. The first kappa shape index (κ1) is 15.4. The topological polar surface area (TPSA) is 49.8 Å². The van der Waals surface area contributed by atoms with Gasteiger partial charge in [-0.3, -0.25) is 4.98 Å². The van der Waals surface area contributed by atoms with Crippen molar-refractivity contribution in [3.63, 3.8) is 0 Å². The van der Waals surface area contributed by atoms with Crippen LogP contribution in [-0.2, 0) is 6.42 Å². The van der Waals surface area contributed by atoms with Gasteiger partial charge in [-0.15, -0.1) is 0 Å². The molecule has 2 aromatic heterocycles. The van der Waals surface area contributed by atoms with Crippen LogP contribution in [0.25, 0.3) is 33.2 Å². The van der Waals surface area contributed by atoms with Crippen molar-refractivity contribution in [3.05, 3.63) is 65.9 Å². The first-order chi connectivity index (χ1) is 12.2. The standard InChI is InChI=1S/C22H18N2O/c1-14(2)12-15-6-5-7-18-20-16(13-23)9-10-17(22(20)25-21(15)18)19-8-3-4-11-24-19/h3-11,14H,12H2,1-2H3. The summed E-state index contributed by atoms with van der Waals surface area (Å²) in [5.41, 5.74) is 5.20. The molecule has 3 heteroatoms. The molecule has 2 aromatic carbocycles. The molecule has 0 atom stereocenters. The Labute approximate surface area is 146 Å². The lowest BCUT2D eigenvalue weighted by Gasteiger charge is -2.04. The molecule has 0 fully saturated rings. The molecule has 0 N–H and O–H groups in total. The molecule has 4 aromatic rings. The Balaban J connectivity index is 2.10. The Morgan fingerprint density at radius 3 is 2.64 bits per heavy atom. The first-order valence-corrected chi connectivity index (χ1v) is 8.47. The van der Waals surface area contributed by atoms with Crippen LogP contribution < -0.4 is 0 Å². The van der Waals surface area contributed by atoms with E-state index in [-0.39, 0.29) is 0 Å². The summed E-state index contributed by atoms with van der Waals surface area (Å²) in [7, 11) is 0. The second-order valence-electron chi connectivity index (χ2n) is 6.69. The molecule has 2 heterocycles. The molecule has 0 aliphatic heterocycles. The highest BCUT2D eigenvalue weighted by atomic mass is 16.3. The number of hydrogen-bond donors (Lipinski definition) is 0. The molecule has 0 saturated heterocycles. The number of nitriles is 1. The van der Waals surface area contributed by atoms with Crippen molar-refractivity contribution in [2.75, 3.05) is 0 Å². The lowest BCUT2D eigenvalue weighted by atomic mass is 9.98. The lowest BCUT2D eigenvalue weighted by Crippen LogP contribution is -1.93. The molecule has 0 amide bonds. The third-order valence-corrected chi connectivity index (χ3v) is 4.42. The van der Waals surface area contributed by atoms with Crippen LogP contribution in [0.1, 0.15) is 25.0 Å². The number of fused-ring (bicyclic) bond motifs is 3. The van der Waals surface area contributed by atoms with E-state index >= 15 is 0 Å². The van der Waals surface area contributed by atoms with Gasteiger partial charge in [0.2, 0.25) is 0 Å². The Bertz CT molecular complexity index is 1100. The molecular weight excluding hydrogens is 308 g/mol. The minimum atomic E-state index is 0.532. The van der Waals surface area contributed by atoms with Gasteiger partial charge in [-0.1, -0.05) is 38.1 Å². The van der Waals surface area contributed by atoms with Crippen molar-refractivity contribution in [1.29, 1.82) is 5.26 Å². The van der Waals surface area contributed by atoms with Crippen molar-refractivity contribution in [3.8, 4) is 17.3 Å². The quantitative estimate of drug-likeness (QED) is 0.484. The van der Waals surface area contributed by atoms with E-state index in [9.17, 15) is 5.26 Å². The normalized spacial score (nSPS) is 11.3. The van der Waals surface area contributed by atoms with E-state index in [0.29, 0.717) is 11.5 Å². The summed E-state index contributed by atoms with van der Waals surface area (Å²) in [5, 5.41) is 11.5. The number of rotatable bonds is 3. The fraction of sp³-hybridized carbons (Fsp3) is 0.182. The van der Waals surface area contributed by atoms with E-state index in [4.69, 9.17) is 4.42 Å². The fourth-order valence-electron chi connectivity index (χ4n) is 3.38. The Kier molecular flexibility index (Phi) is 3.74. The third kappa shape index (κ3) is 2.56. The maximum Gasteiger partial charge on any atom is 0.146 e. The summed E-state index contributed by atoms with van der Waals surface area (Å²) in [4.78, 5) is 4.45. The molecule has 0 aliphatic carbocycles. The summed E-state index contributed by atoms with van der Waals surface area (Å²) in [5.74, 6) is 0.532. The van der Waals surface area contributed by atoms with Crippen molar-refractivity contribution in [1.82, 2.24) is 4.98 Å². The Morgan fingerprint density at radius 2 is 1.92 bits per heavy atom. The molecule has 0 unspecified atom stereocenters. The van der Waals surface area contributed by atoms with Gasteiger partial charge in [-0.2, -0.15) is 5.26 Å². The van der Waals surface area contributed by atoms with Crippen LogP contribution >= 0.6 is 0 Å². The van der Waals surface area contributed by atoms with Crippen molar-refractivity contribution in [2.24, 2.45) is 5.92 Å². The zero-order valence-electron chi connectivity index (χ0n) is 14.3. The van der Waals surface area contributed by atoms with E-state index in [1.807, 2.05) is 42.5 Å². The summed E-state index contributed by atoms with van der Waals surface area (Å²) in [6.07, 6.45) is 2.71. The minimum Gasteiger partial charge on any atom is -0.455 e. The molecule has 0 bridgehead atoms. The molecular formula is C22H18N2O. The predicted molar refractivity (Wildman–Crippen MR) is 100 cm³/mol. The highest BCUT2D eigenvalue weighted by molar-refractivity contribution is 6.12. The summed E-state index contributed by atoms with van der Waals surface area (Å²) >= 11 is 0. The first-order valence-electron chi connectivity index (χ1n) is 8.47. The van der Waals surface area contributed by atoms with Gasteiger partial charge in [-0.25, -0.2) is 0 Å². The van der Waals surface area contributed by atoms with Crippen LogP contribution in [0.2, 0.25) is 0 Å². The van der Waals surface area contributed by atoms with Gasteiger partial charge in [0.25, 0.3) is 0 Å². The van der Waals surface area contributed by atoms with Gasteiger partial charge in [0.15, 0.2) is 0 Å². The molecule has 122 valence electrons. The number of pyridine rings is 1. The number of para-hydroxylation sites is 1. The van der Waals surface area contributed by atoms with Gasteiger partial charge >= 0.3 is 0 Å². The zero-order valence-corrected chi connectivity index (χ0v) is 14.3. The van der Waals surface area contributed by atoms with Crippen molar-refractivity contribution >= 4 is 21.9 Å². The molecule has 25 heavy (non-hydrogen) atoms. The SMILES string of the molecule is CC(C)Cc1cccc2c1oc1c(-c3ccccn3)ccc(C#N)c12. The Morgan fingerprint density at radius 1 is 1.04 bits per heavy atom. The van der Waals surface area contributed by atoms with Crippen LogP contribution in [0.4, 0.5) is 0 Å². The van der Waals surface area contributed by atoms with Gasteiger partial charge < -0.3 is 4.42 Å². The molecule has 0 aliphatic rings. The number of furan rings is 1. The largest absolute Gasteiger partial charge is 0.455 e. The molecule has 0 saturated carbocycles. The predicted octanol–water partition coefficient (Wildman–Crippen LogP) is 5.72. The lowest BCUT2D eigenvalue weighted by molar-refractivity contribution is 0.624. The van der Waals surface area contributed by atoms with Crippen LogP contribution in [0.3, 0.4) is 0 Å².